The fourth-order valence-corrected chi connectivity index (χ4v) is 2.70. The van der Waals surface area contributed by atoms with Gasteiger partial charge in [0.05, 0.1) is 4.88 Å². The van der Waals surface area contributed by atoms with Crippen LogP contribution in [0.5, 0.6) is 0 Å². The molecule has 2 heterocycles. The first kappa shape index (κ1) is 11.0. The highest BCUT2D eigenvalue weighted by atomic mass is 32.1. The van der Waals surface area contributed by atoms with Gasteiger partial charge in [0.15, 0.2) is 0 Å². The molecular weight excluding hydrogens is 238 g/mol. The van der Waals surface area contributed by atoms with Crippen LogP contribution in [0.1, 0.15) is 16.3 Å². The summed E-state index contributed by atoms with van der Waals surface area (Å²) in [7, 11) is 0. The number of pyridine rings is 1. The summed E-state index contributed by atoms with van der Waals surface area (Å²) in [5.74, 6) is 6.30. The average molecular weight is 249 g/mol. The summed E-state index contributed by atoms with van der Waals surface area (Å²) >= 11 is 1.72. The Labute approximate surface area is 110 Å². The molecule has 0 atom stereocenters. The van der Waals surface area contributed by atoms with E-state index in [0.717, 1.165) is 16.3 Å². The minimum atomic E-state index is 0.826. The monoisotopic (exact) mass is 249 g/mol. The van der Waals surface area contributed by atoms with Gasteiger partial charge >= 0.3 is 0 Å². The first-order valence-electron chi connectivity index (χ1n) is 5.75. The Morgan fingerprint density at radius 2 is 1.89 bits per heavy atom. The molecule has 0 bridgehead atoms. The molecule has 0 aliphatic heterocycles. The summed E-state index contributed by atoms with van der Waals surface area (Å²) in [5.41, 5.74) is 1.82. The number of fused-ring (bicyclic) bond motifs is 1. The third kappa shape index (κ3) is 2.27. The molecule has 0 amide bonds. The van der Waals surface area contributed by atoms with Crippen LogP contribution in [0.4, 0.5) is 0 Å². The van der Waals surface area contributed by atoms with Crippen molar-refractivity contribution >= 4 is 21.4 Å². The Morgan fingerprint density at radius 1 is 1.00 bits per heavy atom. The van der Waals surface area contributed by atoms with Gasteiger partial charge in [-0.3, -0.25) is 0 Å². The van der Waals surface area contributed by atoms with Crippen LogP contribution >= 0.6 is 11.3 Å². The van der Waals surface area contributed by atoms with E-state index in [2.05, 4.69) is 41.1 Å². The van der Waals surface area contributed by atoms with E-state index in [1.54, 1.807) is 11.3 Å². The highest BCUT2D eigenvalue weighted by molar-refractivity contribution is 7.19. The zero-order chi connectivity index (χ0) is 12.4. The minimum Gasteiger partial charge on any atom is -0.245 e. The van der Waals surface area contributed by atoms with E-state index < -0.39 is 0 Å². The maximum absolute atomic E-state index is 4.37. The Kier molecular flexibility index (Phi) is 2.84. The fraction of sp³-hybridized carbons (Fsp3) is 0.0625. The summed E-state index contributed by atoms with van der Waals surface area (Å²) in [5, 5.41) is 1.25. The van der Waals surface area contributed by atoms with Crippen molar-refractivity contribution in [2.24, 2.45) is 0 Å². The molecule has 2 aromatic heterocycles. The first-order chi connectivity index (χ1) is 8.81. The first-order valence-corrected chi connectivity index (χ1v) is 6.57. The lowest BCUT2D eigenvalue weighted by Crippen LogP contribution is -1.84. The molecule has 3 rings (SSSR count). The zero-order valence-corrected chi connectivity index (χ0v) is 10.8. The molecule has 0 spiro atoms. The van der Waals surface area contributed by atoms with Crippen LogP contribution in [0.15, 0.2) is 48.5 Å². The second kappa shape index (κ2) is 4.64. The van der Waals surface area contributed by atoms with Crippen molar-refractivity contribution in [1.82, 2.24) is 4.98 Å². The van der Waals surface area contributed by atoms with Crippen molar-refractivity contribution in [3.8, 4) is 11.8 Å². The van der Waals surface area contributed by atoms with Crippen LogP contribution in [0.25, 0.3) is 10.1 Å². The van der Waals surface area contributed by atoms with E-state index in [1.165, 1.54) is 10.1 Å². The molecule has 0 aliphatic carbocycles. The van der Waals surface area contributed by atoms with Crippen LogP contribution in [0, 0.1) is 18.8 Å². The number of aromatic nitrogens is 1. The molecule has 0 aliphatic rings. The number of thiophene rings is 1. The van der Waals surface area contributed by atoms with Crippen LogP contribution in [0.2, 0.25) is 0 Å². The fourth-order valence-electron chi connectivity index (χ4n) is 1.78. The Bertz CT molecular complexity index is 726. The number of hydrogen-bond donors (Lipinski definition) is 0. The summed E-state index contributed by atoms with van der Waals surface area (Å²) in [6.45, 7) is 1.98. The van der Waals surface area contributed by atoms with Crippen LogP contribution < -0.4 is 0 Å². The maximum atomic E-state index is 4.37. The lowest BCUT2D eigenvalue weighted by molar-refractivity contribution is 1.18. The van der Waals surface area contributed by atoms with E-state index in [-0.39, 0.29) is 0 Å². The number of benzene rings is 1. The van der Waals surface area contributed by atoms with Crippen LogP contribution in [-0.4, -0.2) is 4.98 Å². The molecule has 86 valence electrons. The zero-order valence-electron chi connectivity index (χ0n) is 9.97. The van der Waals surface area contributed by atoms with Gasteiger partial charge in [-0.2, -0.15) is 0 Å². The van der Waals surface area contributed by atoms with Gasteiger partial charge in [-0.25, -0.2) is 4.98 Å². The number of hydrogen-bond acceptors (Lipinski definition) is 2. The third-order valence-electron chi connectivity index (χ3n) is 2.63. The molecular formula is C16H11NS. The van der Waals surface area contributed by atoms with Gasteiger partial charge in [0, 0.05) is 10.4 Å². The van der Waals surface area contributed by atoms with E-state index in [0.29, 0.717) is 0 Å². The maximum Gasteiger partial charge on any atom is 0.113 e. The van der Waals surface area contributed by atoms with Gasteiger partial charge in [-0.1, -0.05) is 24.3 Å². The number of aryl methyl sites for hydroxylation is 1. The Hall–Kier alpha value is -2.11. The van der Waals surface area contributed by atoms with E-state index in [1.807, 2.05) is 31.2 Å². The van der Waals surface area contributed by atoms with Crippen LogP contribution in [-0.2, 0) is 0 Å². The van der Waals surface area contributed by atoms with Gasteiger partial charge in [0.2, 0.25) is 0 Å². The van der Waals surface area contributed by atoms with Gasteiger partial charge < -0.3 is 0 Å². The third-order valence-corrected chi connectivity index (χ3v) is 3.66. The Balaban J connectivity index is 1.97. The van der Waals surface area contributed by atoms with Crippen molar-refractivity contribution < 1.29 is 0 Å². The topological polar surface area (TPSA) is 12.9 Å². The minimum absolute atomic E-state index is 0.826. The predicted molar refractivity (Wildman–Crippen MR) is 76.8 cm³/mol. The molecule has 1 aromatic carbocycles. The smallest absolute Gasteiger partial charge is 0.113 e. The summed E-state index contributed by atoms with van der Waals surface area (Å²) in [6.07, 6.45) is 0. The van der Waals surface area contributed by atoms with Crippen molar-refractivity contribution in [3.63, 3.8) is 0 Å². The molecule has 1 nitrogen and oxygen atoms in total. The van der Waals surface area contributed by atoms with Gasteiger partial charge in [-0.05, 0) is 48.4 Å². The molecule has 0 saturated heterocycles. The normalized spacial score (nSPS) is 10.1. The van der Waals surface area contributed by atoms with Crippen molar-refractivity contribution in [1.29, 1.82) is 0 Å². The highest BCUT2D eigenvalue weighted by Gasteiger charge is 1.97. The van der Waals surface area contributed by atoms with Gasteiger partial charge in [0.25, 0.3) is 0 Å². The molecule has 2 heteroatoms. The van der Waals surface area contributed by atoms with Crippen LogP contribution in [0.3, 0.4) is 0 Å². The average Bonchev–Trinajstić information content (AvgIpc) is 2.79. The molecule has 0 unspecified atom stereocenters. The number of nitrogens with zero attached hydrogens (tertiary/aromatic N) is 1. The standard InChI is InChI=1S/C16H11NS/c1-12-5-4-7-14(17-12)9-10-15-11-13-6-2-3-8-16(13)18-15/h2-8,11H,1H3. The van der Waals surface area contributed by atoms with Crippen molar-refractivity contribution in [2.75, 3.05) is 0 Å². The van der Waals surface area contributed by atoms with Crippen molar-refractivity contribution in [3.05, 3.63) is 64.8 Å². The Morgan fingerprint density at radius 3 is 2.72 bits per heavy atom. The molecule has 3 aromatic rings. The van der Waals surface area contributed by atoms with E-state index in [4.69, 9.17) is 0 Å². The molecule has 18 heavy (non-hydrogen) atoms. The SMILES string of the molecule is Cc1cccc(C#Cc2cc3ccccc3s2)n1. The predicted octanol–water partition coefficient (Wildman–Crippen LogP) is 4.00. The van der Waals surface area contributed by atoms with Gasteiger partial charge in [0.1, 0.15) is 5.69 Å². The lowest BCUT2D eigenvalue weighted by atomic mass is 10.2. The highest BCUT2D eigenvalue weighted by Crippen LogP contribution is 2.24. The number of rotatable bonds is 0. The molecule has 0 radical (unpaired) electrons. The second-order valence-electron chi connectivity index (χ2n) is 4.06. The largest absolute Gasteiger partial charge is 0.245 e. The van der Waals surface area contributed by atoms with E-state index in [9.17, 15) is 0 Å². The lowest BCUT2D eigenvalue weighted by Gasteiger charge is -1.90. The summed E-state index contributed by atoms with van der Waals surface area (Å²) in [4.78, 5) is 5.46. The molecule has 0 N–H and O–H groups in total. The summed E-state index contributed by atoms with van der Waals surface area (Å²) < 4.78 is 1.28. The molecule has 0 saturated carbocycles. The van der Waals surface area contributed by atoms with Crippen molar-refractivity contribution in [2.45, 2.75) is 6.92 Å². The van der Waals surface area contributed by atoms with E-state index >= 15 is 0 Å². The molecule has 0 fully saturated rings. The quantitative estimate of drug-likeness (QED) is 0.549. The van der Waals surface area contributed by atoms with Gasteiger partial charge in [-0.15, -0.1) is 11.3 Å². The summed E-state index contributed by atoms with van der Waals surface area (Å²) in [6, 6.07) is 16.4. The second-order valence-corrected chi connectivity index (χ2v) is 5.15.